The molecule has 7 nitrogen and oxygen atoms in total. The van der Waals surface area contributed by atoms with Crippen molar-refractivity contribution in [1.82, 2.24) is 9.80 Å². The molecule has 7 heteroatoms. The Labute approximate surface area is 155 Å². The van der Waals surface area contributed by atoms with Crippen LogP contribution in [0.1, 0.15) is 18.9 Å². The minimum atomic E-state index is -0.729. The fraction of sp³-hybridized carbons (Fsp3) is 0.579. The average Bonchev–Trinajstić information content (AvgIpc) is 2.63. The number of piperidine rings is 1. The van der Waals surface area contributed by atoms with E-state index < -0.39 is 5.97 Å². The zero-order chi connectivity index (χ0) is 18.5. The number of carbonyl (C=O) groups is 1. The van der Waals surface area contributed by atoms with Crippen molar-refractivity contribution in [2.24, 2.45) is 16.9 Å². The zero-order valence-electron chi connectivity index (χ0n) is 15.4. The molecule has 0 spiro atoms. The van der Waals surface area contributed by atoms with E-state index in [0.717, 1.165) is 51.3 Å². The number of nitrogens with zero attached hydrogens (tertiary/aromatic N) is 4. The number of hydrogen-bond donors (Lipinski definition) is 2. The third kappa shape index (κ3) is 4.53. The summed E-state index contributed by atoms with van der Waals surface area (Å²) < 4.78 is 0. The first-order valence-corrected chi connectivity index (χ1v) is 9.33. The van der Waals surface area contributed by atoms with Crippen molar-refractivity contribution < 1.29 is 9.90 Å². The van der Waals surface area contributed by atoms with Crippen LogP contribution >= 0.6 is 0 Å². The molecule has 2 saturated heterocycles. The highest BCUT2D eigenvalue weighted by Gasteiger charge is 2.32. The maximum Gasteiger partial charge on any atom is 0.317 e. The predicted molar refractivity (Wildman–Crippen MR) is 104 cm³/mol. The Kier molecular flexibility index (Phi) is 6.11. The van der Waals surface area contributed by atoms with Gasteiger partial charge < -0.3 is 15.8 Å². The molecular formula is C19H29N5O2. The van der Waals surface area contributed by atoms with Crippen LogP contribution in [-0.4, -0.2) is 78.9 Å². The largest absolute Gasteiger partial charge is 0.480 e. The fourth-order valence-electron chi connectivity index (χ4n) is 4.27. The third-order valence-corrected chi connectivity index (χ3v) is 5.57. The highest BCUT2D eigenvalue weighted by molar-refractivity contribution is 5.80. The molecule has 0 aliphatic carbocycles. The lowest BCUT2D eigenvalue weighted by Crippen LogP contribution is -2.56. The minimum Gasteiger partial charge on any atom is -0.480 e. The lowest BCUT2D eigenvalue weighted by Gasteiger charge is -2.46. The number of rotatable bonds is 5. The van der Waals surface area contributed by atoms with Crippen molar-refractivity contribution in [2.75, 3.05) is 50.7 Å². The minimum absolute atomic E-state index is 0.162. The second-order valence-corrected chi connectivity index (χ2v) is 7.35. The summed E-state index contributed by atoms with van der Waals surface area (Å²) >= 11 is 0. The van der Waals surface area contributed by atoms with Crippen molar-refractivity contribution in [1.29, 1.82) is 0 Å². The number of hydrazone groups is 1. The monoisotopic (exact) mass is 359 g/mol. The number of nitrogens with two attached hydrogens (primary N) is 1. The Hall–Kier alpha value is -2.12. The number of likely N-dealkylation sites (tertiary alicyclic amines) is 1. The normalized spacial score (nSPS) is 25.7. The van der Waals surface area contributed by atoms with E-state index in [1.54, 1.807) is 6.21 Å². The van der Waals surface area contributed by atoms with Gasteiger partial charge in [0.2, 0.25) is 0 Å². The maximum absolute atomic E-state index is 10.9. The first-order valence-electron chi connectivity index (χ1n) is 9.33. The van der Waals surface area contributed by atoms with Crippen LogP contribution in [0.2, 0.25) is 0 Å². The third-order valence-electron chi connectivity index (χ3n) is 5.57. The van der Waals surface area contributed by atoms with E-state index in [4.69, 9.17) is 10.9 Å². The van der Waals surface area contributed by atoms with Crippen LogP contribution in [-0.2, 0) is 4.79 Å². The summed E-state index contributed by atoms with van der Waals surface area (Å²) in [5.74, 6) is 4.97. The topological polar surface area (TPSA) is 85.4 Å². The molecule has 0 amide bonds. The van der Waals surface area contributed by atoms with E-state index in [-0.39, 0.29) is 6.54 Å². The first-order chi connectivity index (χ1) is 12.6. The number of anilines is 1. The SMILES string of the molecule is C[C@@H]1CN(CC(=O)O)CC[C@@H]1N1CCN(c2ccc(C=NN)cc2)CC1. The van der Waals surface area contributed by atoms with Crippen molar-refractivity contribution in [2.45, 2.75) is 19.4 Å². The number of piperazine rings is 1. The number of carboxylic acids is 1. The van der Waals surface area contributed by atoms with Crippen molar-refractivity contribution in [3.05, 3.63) is 29.8 Å². The summed E-state index contributed by atoms with van der Waals surface area (Å²) in [5, 5.41) is 12.5. The summed E-state index contributed by atoms with van der Waals surface area (Å²) in [5.41, 5.74) is 2.25. The number of carboxylic acid groups (broad SMARTS) is 1. The van der Waals surface area contributed by atoms with Gasteiger partial charge in [0.15, 0.2) is 0 Å². The molecule has 3 rings (SSSR count). The standard InChI is InChI=1S/C19H29N5O2/c1-15-13-22(14-19(25)26)7-6-18(15)24-10-8-23(9-11-24)17-4-2-16(3-5-17)12-21-20/h2-5,12,15,18H,6-11,13-14,20H2,1H3,(H,25,26)/t15-,18+/m1/s1. The molecule has 26 heavy (non-hydrogen) atoms. The van der Waals surface area contributed by atoms with Crippen LogP contribution < -0.4 is 10.7 Å². The molecule has 0 bridgehead atoms. The summed E-state index contributed by atoms with van der Waals surface area (Å²) in [6.45, 7) is 8.32. The summed E-state index contributed by atoms with van der Waals surface area (Å²) in [7, 11) is 0. The van der Waals surface area contributed by atoms with E-state index in [0.29, 0.717) is 12.0 Å². The van der Waals surface area contributed by atoms with E-state index >= 15 is 0 Å². The highest BCUT2D eigenvalue weighted by atomic mass is 16.4. The van der Waals surface area contributed by atoms with E-state index in [9.17, 15) is 4.79 Å². The van der Waals surface area contributed by atoms with Crippen molar-refractivity contribution in [3.8, 4) is 0 Å². The summed E-state index contributed by atoms with van der Waals surface area (Å²) in [6, 6.07) is 8.89. The van der Waals surface area contributed by atoms with Gasteiger partial charge in [0.25, 0.3) is 0 Å². The molecule has 1 aromatic carbocycles. The average molecular weight is 359 g/mol. The molecule has 2 atom stereocenters. The number of aliphatic carboxylic acids is 1. The molecule has 2 fully saturated rings. The molecule has 142 valence electrons. The lowest BCUT2D eigenvalue weighted by atomic mass is 9.91. The van der Waals surface area contributed by atoms with Gasteiger partial charge in [-0.05, 0) is 30.0 Å². The van der Waals surface area contributed by atoms with Gasteiger partial charge in [-0.25, -0.2) is 0 Å². The smallest absolute Gasteiger partial charge is 0.317 e. The van der Waals surface area contributed by atoms with Crippen molar-refractivity contribution in [3.63, 3.8) is 0 Å². The fourth-order valence-corrected chi connectivity index (χ4v) is 4.27. The van der Waals surface area contributed by atoms with E-state index in [1.807, 2.05) is 12.1 Å². The van der Waals surface area contributed by atoms with Gasteiger partial charge in [-0.2, -0.15) is 5.10 Å². The molecule has 3 N–H and O–H groups in total. The van der Waals surface area contributed by atoms with Gasteiger partial charge >= 0.3 is 5.97 Å². The van der Waals surface area contributed by atoms with Crippen LogP contribution in [0.25, 0.3) is 0 Å². The predicted octanol–water partition coefficient (Wildman–Crippen LogP) is 0.896. The summed E-state index contributed by atoms with van der Waals surface area (Å²) in [6.07, 6.45) is 2.71. The Morgan fingerprint density at radius 3 is 2.50 bits per heavy atom. The van der Waals surface area contributed by atoms with Crippen LogP contribution in [0.15, 0.2) is 29.4 Å². The first kappa shape index (κ1) is 18.7. The van der Waals surface area contributed by atoms with E-state index in [1.165, 1.54) is 5.69 Å². The second-order valence-electron chi connectivity index (χ2n) is 7.35. The molecule has 0 saturated carbocycles. The van der Waals surface area contributed by atoms with Gasteiger partial charge in [-0.3, -0.25) is 14.6 Å². The quantitative estimate of drug-likeness (QED) is 0.461. The molecule has 2 aliphatic rings. The van der Waals surface area contributed by atoms with Crippen molar-refractivity contribution >= 4 is 17.9 Å². The Bertz CT molecular complexity index is 625. The molecule has 2 heterocycles. The van der Waals surface area contributed by atoms with Gasteiger partial charge in [0.05, 0.1) is 12.8 Å². The van der Waals surface area contributed by atoms with Gasteiger partial charge in [0, 0.05) is 51.0 Å². The second kappa shape index (κ2) is 8.51. The summed E-state index contributed by atoms with van der Waals surface area (Å²) in [4.78, 5) is 18.0. The lowest BCUT2D eigenvalue weighted by molar-refractivity contribution is -0.139. The molecule has 2 aliphatic heterocycles. The number of benzene rings is 1. The highest BCUT2D eigenvalue weighted by Crippen LogP contribution is 2.25. The Morgan fingerprint density at radius 2 is 1.92 bits per heavy atom. The van der Waals surface area contributed by atoms with Crippen LogP contribution in [0, 0.1) is 5.92 Å². The molecule has 0 radical (unpaired) electrons. The van der Waals surface area contributed by atoms with Gasteiger partial charge in [-0.1, -0.05) is 19.1 Å². The van der Waals surface area contributed by atoms with Crippen LogP contribution in [0.5, 0.6) is 0 Å². The number of hydrogen-bond acceptors (Lipinski definition) is 6. The molecular weight excluding hydrogens is 330 g/mol. The molecule has 1 aromatic rings. The zero-order valence-corrected chi connectivity index (χ0v) is 15.4. The van der Waals surface area contributed by atoms with Crippen LogP contribution in [0.3, 0.4) is 0 Å². The molecule has 0 unspecified atom stereocenters. The molecule has 0 aromatic heterocycles. The van der Waals surface area contributed by atoms with E-state index in [2.05, 4.69) is 38.9 Å². The van der Waals surface area contributed by atoms with Gasteiger partial charge in [0.1, 0.15) is 0 Å². The van der Waals surface area contributed by atoms with Gasteiger partial charge in [-0.15, -0.1) is 0 Å². The Balaban J connectivity index is 1.51. The Morgan fingerprint density at radius 1 is 1.23 bits per heavy atom. The maximum atomic E-state index is 10.9. The van der Waals surface area contributed by atoms with Crippen LogP contribution in [0.4, 0.5) is 5.69 Å².